The molecule has 206 valence electrons. The molecule has 37 heavy (non-hydrogen) atoms. The molecule has 2 atom stereocenters. The number of carbonyl (C=O) groups excluding carboxylic acids is 4. The highest BCUT2D eigenvalue weighted by Crippen LogP contribution is 2.20. The molecule has 0 aliphatic heterocycles. The zero-order valence-corrected chi connectivity index (χ0v) is 22.9. The van der Waals surface area contributed by atoms with Crippen LogP contribution in [0.25, 0.3) is 0 Å². The van der Waals surface area contributed by atoms with E-state index in [9.17, 15) is 24.3 Å². The average Bonchev–Trinajstić information content (AvgIpc) is 2.76. The largest absolute Gasteiger partial charge is 0.458 e. The van der Waals surface area contributed by atoms with Gasteiger partial charge in [-0.3, -0.25) is 19.2 Å². The van der Waals surface area contributed by atoms with Crippen molar-refractivity contribution in [2.75, 3.05) is 6.61 Å². The van der Waals surface area contributed by atoms with Crippen molar-refractivity contribution in [3.8, 4) is 0 Å². The molecule has 0 saturated carbocycles. The number of hydrogen-bond donors (Lipinski definition) is 1. The van der Waals surface area contributed by atoms with E-state index in [0.717, 1.165) is 30.9 Å². The van der Waals surface area contributed by atoms with E-state index >= 15 is 0 Å². The van der Waals surface area contributed by atoms with E-state index in [4.69, 9.17) is 18.9 Å². The maximum Gasteiger partial charge on any atom is 0.307 e. The number of aliphatic hydroxyl groups excluding tert-OH is 1. The Bertz CT molecular complexity index is 931. The predicted molar refractivity (Wildman–Crippen MR) is 139 cm³/mol. The summed E-state index contributed by atoms with van der Waals surface area (Å²) in [6.07, 6.45) is 9.67. The molecular weight excluding hydrogens is 480 g/mol. The Kier molecular flexibility index (Phi) is 17.0. The number of hydrogen-bond acceptors (Lipinski definition) is 9. The summed E-state index contributed by atoms with van der Waals surface area (Å²) in [6.45, 7) is 10.7. The summed E-state index contributed by atoms with van der Waals surface area (Å²) in [4.78, 5) is 45.8. The van der Waals surface area contributed by atoms with E-state index in [-0.39, 0.29) is 25.0 Å². The van der Waals surface area contributed by atoms with Gasteiger partial charge in [-0.15, -0.1) is 0 Å². The van der Waals surface area contributed by atoms with Crippen LogP contribution in [0.15, 0.2) is 59.1 Å². The van der Waals surface area contributed by atoms with Crippen LogP contribution >= 0.6 is 0 Å². The van der Waals surface area contributed by atoms with Gasteiger partial charge in [0.2, 0.25) is 0 Å². The second-order valence-corrected chi connectivity index (χ2v) is 8.68. The first-order chi connectivity index (χ1) is 17.3. The summed E-state index contributed by atoms with van der Waals surface area (Å²) in [5.41, 5.74) is 3.06. The third kappa shape index (κ3) is 18.5. The zero-order valence-electron chi connectivity index (χ0n) is 22.9. The molecule has 0 aliphatic rings. The Morgan fingerprint density at radius 2 is 1.43 bits per heavy atom. The van der Waals surface area contributed by atoms with Crippen LogP contribution in [0, 0.1) is 0 Å². The second-order valence-electron chi connectivity index (χ2n) is 8.68. The molecule has 0 aromatic rings. The highest BCUT2D eigenvalue weighted by Gasteiger charge is 2.18. The maximum absolute atomic E-state index is 11.7. The third-order valence-corrected chi connectivity index (χ3v) is 4.70. The van der Waals surface area contributed by atoms with Crippen molar-refractivity contribution < 1.29 is 43.2 Å². The molecule has 0 aromatic carbocycles. The van der Waals surface area contributed by atoms with Crippen LogP contribution in [-0.2, 0) is 38.1 Å². The normalized spacial score (nSPS) is 14.0. The minimum Gasteiger partial charge on any atom is -0.458 e. The number of carbonyl (C=O) groups is 4. The van der Waals surface area contributed by atoms with Gasteiger partial charge in [0, 0.05) is 46.1 Å². The van der Waals surface area contributed by atoms with E-state index in [1.807, 2.05) is 26.8 Å². The van der Waals surface area contributed by atoms with E-state index in [2.05, 4.69) is 6.08 Å². The van der Waals surface area contributed by atoms with Gasteiger partial charge >= 0.3 is 23.9 Å². The lowest BCUT2D eigenvalue weighted by Crippen LogP contribution is -2.19. The molecule has 0 heterocycles. The van der Waals surface area contributed by atoms with Gasteiger partial charge in [0.15, 0.2) is 0 Å². The van der Waals surface area contributed by atoms with Gasteiger partial charge in [-0.05, 0) is 51.3 Å². The van der Waals surface area contributed by atoms with Crippen molar-refractivity contribution in [3.05, 3.63) is 59.1 Å². The summed E-state index contributed by atoms with van der Waals surface area (Å²) in [6, 6.07) is 0. The summed E-state index contributed by atoms with van der Waals surface area (Å²) >= 11 is 0. The van der Waals surface area contributed by atoms with Crippen molar-refractivity contribution >= 4 is 23.9 Å². The minimum absolute atomic E-state index is 0.100. The van der Waals surface area contributed by atoms with E-state index in [1.165, 1.54) is 39.3 Å². The fraction of sp³-hybridized carbons (Fsp3) is 0.500. The second kappa shape index (κ2) is 18.8. The summed E-state index contributed by atoms with van der Waals surface area (Å²) < 4.78 is 20.5. The molecule has 0 amide bonds. The molecule has 0 saturated heterocycles. The molecule has 0 aliphatic carbocycles. The van der Waals surface area contributed by atoms with Gasteiger partial charge in [0.1, 0.15) is 18.5 Å². The Morgan fingerprint density at radius 3 is 1.95 bits per heavy atom. The average molecular weight is 521 g/mol. The van der Waals surface area contributed by atoms with Crippen molar-refractivity contribution in [3.63, 3.8) is 0 Å². The first-order valence-electron chi connectivity index (χ1n) is 12.0. The lowest BCUT2D eigenvalue weighted by atomic mass is 10.0. The number of esters is 4. The highest BCUT2D eigenvalue weighted by molar-refractivity contribution is 5.68. The fourth-order valence-corrected chi connectivity index (χ4v) is 3.12. The summed E-state index contributed by atoms with van der Waals surface area (Å²) in [5, 5.41) is 9.96. The van der Waals surface area contributed by atoms with Gasteiger partial charge in [0.25, 0.3) is 0 Å². The van der Waals surface area contributed by atoms with Crippen molar-refractivity contribution in [1.29, 1.82) is 0 Å². The number of rotatable bonds is 15. The topological polar surface area (TPSA) is 125 Å². The molecule has 9 nitrogen and oxygen atoms in total. The van der Waals surface area contributed by atoms with Gasteiger partial charge in [-0.2, -0.15) is 0 Å². The van der Waals surface area contributed by atoms with Crippen LogP contribution in [0.1, 0.15) is 74.1 Å². The number of ether oxygens (including phenoxy) is 4. The SMILES string of the molecule is CC(=O)O/C=C(/C=C/OC(C)=O)C(C/C=C(/CO)CC(/C=C(\C)CCC=C(C)C)OC(C)=O)OC(C)=O. The zero-order chi connectivity index (χ0) is 28.4. The lowest BCUT2D eigenvalue weighted by Gasteiger charge is -2.19. The standard InChI is InChI=1S/C28H40O9/c1-19(2)9-8-10-20(3)15-27(36-23(6)32)16-25(17-29)11-12-28(37-24(7)33)26(18-35-22(5)31)13-14-34-21(4)30/h9,11,13-15,18,27-29H,8,10,12,16-17H2,1-7H3/b14-13+,20-15+,25-11+,26-18-. The lowest BCUT2D eigenvalue weighted by molar-refractivity contribution is -0.145. The smallest absolute Gasteiger partial charge is 0.307 e. The quantitative estimate of drug-likeness (QED) is 0.107. The summed E-state index contributed by atoms with van der Waals surface area (Å²) in [7, 11) is 0. The van der Waals surface area contributed by atoms with E-state index < -0.39 is 36.1 Å². The van der Waals surface area contributed by atoms with Crippen LogP contribution in [0.3, 0.4) is 0 Å². The van der Waals surface area contributed by atoms with Crippen LogP contribution in [0.4, 0.5) is 0 Å². The Balaban J connectivity index is 5.88. The number of allylic oxidation sites excluding steroid dienone is 3. The molecule has 0 bridgehead atoms. The van der Waals surface area contributed by atoms with Crippen molar-refractivity contribution in [1.82, 2.24) is 0 Å². The minimum atomic E-state index is -0.918. The molecule has 9 heteroatoms. The molecular formula is C28H40O9. The molecule has 0 aromatic heterocycles. The fourth-order valence-electron chi connectivity index (χ4n) is 3.12. The van der Waals surface area contributed by atoms with Gasteiger partial charge in [0.05, 0.1) is 12.9 Å². The molecule has 2 unspecified atom stereocenters. The Labute approximate surface area is 219 Å². The molecule has 0 spiro atoms. The molecule has 1 N–H and O–H groups in total. The Hall–Kier alpha value is -3.46. The highest BCUT2D eigenvalue weighted by atomic mass is 16.6. The Morgan fingerprint density at radius 1 is 0.811 bits per heavy atom. The van der Waals surface area contributed by atoms with Crippen LogP contribution in [0.5, 0.6) is 0 Å². The van der Waals surface area contributed by atoms with Crippen LogP contribution < -0.4 is 0 Å². The van der Waals surface area contributed by atoms with Crippen LogP contribution in [-0.4, -0.2) is 47.8 Å². The van der Waals surface area contributed by atoms with E-state index in [0.29, 0.717) is 5.57 Å². The van der Waals surface area contributed by atoms with Crippen molar-refractivity contribution in [2.24, 2.45) is 0 Å². The number of aliphatic hydroxyl groups is 1. The third-order valence-electron chi connectivity index (χ3n) is 4.70. The maximum atomic E-state index is 11.7. The molecule has 0 radical (unpaired) electrons. The van der Waals surface area contributed by atoms with Gasteiger partial charge in [-0.1, -0.05) is 23.3 Å². The first-order valence-corrected chi connectivity index (χ1v) is 12.0. The molecule has 0 fully saturated rings. The van der Waals surface area contributed by atoms with Crippen molar-refractivity contribution in [2.45, 2.75) is 86.4 Å². The predicted octanol–water partition coefficient (Wildman–Crippen LogP) is 4.77. The van der Waals surface area contributed by atoms with Crippen LogP contribution in [0.2, 0.25) is 0 Å². The monoisotopic (exact) mass is 520 g/mol. The first kappa shape index (κ1) is 33.5. The molecule has 0 rings (SSSR count). The summed E-state index contributed by atoms with van der Waals surface area (Å²) in [5.74, 6) is -2.19. The van der Waals surface area contributed by atoms with E-state index in [1.54, 1.807) is 6.08 Å². The van der Waals surface area contributed by atoms with Gasteiger partial charge < -0.3 is 24.1 Å². The van der Waals surface area contributed by atoms with Gasteiger partial charge in [-0.25, -0.2) is 0 Å².